The van der Waals surface area contributed by atoms with Crippen LogP contribution in [0.15, 0.2) is 17.9 Å². The lowest BCUT2D eigenvalue weighted by Gasteiger charge is -2.34. The predicted octanol–water partition coefficient (Wildman–Crippen LogP) is 3.04. The minimum Gasteiger partial charge on any atom is -0.507 e. The van der Waals surface area contributed by atoms with Crippen LogP contribution in [-0.4, -0.2) is 43.0 Å². The second-order valence-corrected chi connectivity index (χ2v) is 7.00. The fourth-order valence-corrected chi connectivity index (χ4v) is 3.82. The van der Waals surface area contributed by atoms with E-state index in [2.05, 4.69) is 0 Å². The Balaban J connectivity index is 2.08. The Hall–Kier alpha value is -2.67. The average Bonchev–Trinajstić information content (AvgIpc) is 2.68. The van der Waals surface area contributed by atoms with Crippen LogP contribution in [0.5, 0.6) is 5.75 Å². The number of fused-ring (bicyclic) bond motifs is 2. The molecule has 0 aromatic heterocycles. The van der Waals surface area contributed by atoms with Crippen molar-refractivity contribution < 1.29 is 33.7 Å². The van der Waals surface area contributed by atoms with E-state index >= 15 is 0 Å². The van der Waals surface area contributed by atoms with E-state index in [1.165, 1.54) is 14.2 Å². The van der Waals surface area contributed by atoms with E-state index in [-0.39, 0.29) is 35.0 Å². The smallest absolute Gasteiger partial charge is 0.308 e. The lowest BCUT2D eigenvalue weighted by Crippen LogP contribution is -2.30. The zero-order valence-corrected chi connectivity index (χ0v) is 16.2. The molecular weight excluding hydrogens is 364 g/mol. The third-order valence-electron chi connectivity index (χ3n) is 5.19. The molecule has 0 saturated carbocycles. The molecule has 0 radical (unpaired) electrons. The van der Waals surface area contributed by atoms with Gasteiger partial charge in [-0.05, 0) is 24.5 Å². The molecule has 0 fully saturated rings. The SMILES string of the molecule is CCCC[C@H]1O[C@@H](CC(=O)OC)Cc2cc3c(c(O)c21)C(=O)C=C(OC)C3=O. The van der Waals surface area contributed by atoms with Crippen molar-refractivity contribution in [1.29, 1.82) is 0 Å². The molecule has 0 spiro atoms. The van der Waals surface area contributed by atoms with Gasteiger partial charge in [0.05, 0.1) is 38.4 Å². The Morgan fingerprint density at radius 1 is 1.32 bits per heavy atom. The van der Waals surface area contributed by atoms with Crippen LogP contribution in [-0.2, 0) is 25.4 Å². The van der Waals surface area contributed by atoms with Gasteiger partial charge in [-0.1, -0.05) is 19.8 Å². The summed E-state index contributed by atoms with van der Waals surface area (Å²) in [6.45, 7) is 2.04. The molecule has 1 aromatic rings. The number of ketones is 2. The highest BCUT2D eigenvalue weighted by molar-refractivity contribution is 6.25. The van der Waals surface area contributed by atoms with Crippen LogP contribution in [0, 0.1) is 0 Å². The monoisotopic (exact) mass is 388 g/mol. The molecule has 0 saturated heterocycles. The Bertz CT molecular complexity index is 853. The van der Waals surface area contributed by atoms with E-state index in [1.807, 2.05) is 6.92 Å². The van der Waals surface area contributed by atoms with E-state index in [9.17, 15) is 19.5 Å². The maximum absolute atomic E-state index is 12.6. The van der Waals surface area contributed by atoms with Gasteiger partial charge in [-0.25, -0.2) is 0 Å². The van der Waals surface area contributed by atoms with Crippen LogP contribution in [0.3, 0.4) is 0 Å². The number of esters is 1. The van der Waals surface area contributed by atoms with Crippen LogP contribution in [0.4, 0.5) is 0 Å². The van der Waals surface area contributed by atoms with Gasteiger partial charge in [-0.15, -0.1) is 0 Å². The normalized spacial score (nSPS) is 20.9. The number of carbonyl (C=O) groups is 3. The minimum absolute atomic E-state index is 0.0129. The second-order valence-electron chi connectivity index (χ2n) is 7.00. The minimum atomic E-state index is -0.474. The molecule has 0 bridgehead atoms. The summed E-state index contributed by atoms with van der Waals surface area (Å²) in [6, 6.07) is 1.63. The summed E-state index contributed by atoms with van der Waals surface area (Å²) < 4.78 is 15.8. The summed E-state index contributed by atoms with van der Waals surface area (Å²) in [6.07, 6.45) is 3.04. The fraction of sp³-hybridized carbons (Fsp3) is 0.476. The first-order valence-corrected chi connectivity index (χ1v) is 9.36. The number of allylic oxidation sites excluding steroid dienone is 2. The van der Waals surface area contributed by atoms with Crippen LogP contribution in [0.25, 0.3) is 0 Å². The van der Waals surface area contributed by atoms with Crippen molar-refractivity contribution in [1.82, 2.24) is 0 Å². The first-order chi connectivity index (χ1) is 13.4. The number of unbranched alkanes of at least 4 members (excludes halogenated alkanes) is 1. The zero-order valence-electron chi connectivity index (χ0n) is 16.2. The molecule has 28 heavy (non-hydrogen) atoms. The summed E-state index contributed by atoms with van der Waals surface area (Å²) >= 11 is 0. The number of carbonyl (C=O) groups excluding carboxylic acids is 3. The first-order valence-electron chi connectivity index (χ1n) is 9.36. The van der Waals surface area contributed by atoms with Crippen molar-refractivity contribution in [2.75, 3.05) is 14.2 Å². The van der Waals surface area contributed by atoms with Crippen LogP contribution in [0.1, 0.15) is 70.6 Å². The molecule has 0 amide bonds. The summed E-state index contributed by atoms with van der Waals surface area (Å²) in [7, 11) is 2.64. The average molecular weight is 388 g/mol. The van der Waals surface area contributed by atoms with Crippen LogP contribution >= 0.6 is 0 Å². The molecule has 150 valence electrons. The van der Waals surface area contributed by atoms with Gasteiger partial charge in [0.25, 0.3) is 0 Å². The number of phenolic OH excluding ortho intramolecular Hbond substituents is 1. The molecular formula is C21H24O7. The highest BCUT2D eigenvalue weighted by Gasteiger charge is 2.37. The number of rotatable bonds is 6. The molecule has 1 aromatic carbocycles. The lowest BCUT2D eigenvalue weighted by atomic mass is 9.82. The Morgan fingerprint density at radius 2 is 2.07 bits per heavy atom. The maximum Gasteiger partial charge on any atom is 0.308 e. The van der Waals surface area contributed by atoms with Crippen molar-refractivity contribution in [3.8, 4) is 5.75 Å². The van der Waals surface area contributed by atoms with E-state index in [0.717, 1.165) is 18.9 Å². The largest absolute Gasteiger partial charge is 0.507 e. The van der Waals surface area contributed by atoms with E-state index in [4.69, 9.17) is 14.2 Å². The van der Waals surface area contributed by atoms with Crippen molar-refractivity contribution in [2.45, 2.75) is 51.2 Å². The van der Waals surface area contributed by atoms with Gasteiger partial charge in [-0.2, -0.15) is 0 Å². The summed E-state index contributed by atoms with van der Waals surface area (Å²) in [5.74, 6) is -1.58. The molecule has 1 aliphatic carbocycles. The van der Waals surface area contributed by atoms with E-state index in [0.29, 0.717) is 24.0 Å². The number of benzene rings is 1. The molecule has 0 unspecified atom stereocenters. The van der Waals surface area contributed by atoms with Crippen LogP contribution in [0.2, 0.25) is 0 Å². The van der Waals surface area contributed by atoms with Crippen molar-refractivity contribution in [3.05, 3.63) is 40.2 Å². The lowest BCUT2D eigenvalue weighted by molar-refractivity contribution is -0.145. The molecule has 3 rings (SSSR count). The topological polar surface area (TPSA) is 99.1 Å². The Morgan fingerprint density at radius 3 is 2.71 bits per heavy atom. The van der Waals surface area contributed by atoms with Crippen LogP contribution < -0.4 is 0 Å². The molecule has 1 aliphatic heterocycles. The van der Waals surface area contributed by atoms with E-state index in [1.54, 1.807) is 6.07 Å². The highest BCUT2D eigenvalue weighted by Crippen LogP contribution is 2.44. The number of ether oxygens (including phenoxy) is 3. The summed E-state index contributed by atoms with van der Waals surface area (Å²) in [5, 5.41) is 10.9. The van der Waals surface area contributed by atoms with E-state index < -0.39 is 23.8 Å². The molecule has 1 heterocycles. The Labute approximate surface area is 163 Å². The van der Waals surface area contributed by atoms with Gasteiger partial charge < -0.3 is 19.3 Å². The molecule has 2 atom stereocenters. The number of methoxy groups -OCH3 is 2. The third-order valence-corrected chi connectivity index (χ3v) is 5.19. The molecule has 2 aliphatic rings. The number of hydrogen-bond donors (Lipinski definition) is 1. The number of phenols is 1. The van der Waals surface area contributed by atoms with Gasteiger partial charge in [-0.3, -0.25) is 14.4 Å². The first kappa shape index (κ1) is 20.1. The van der Waals surface area contributed by atoms with Gasteiger partial charge in [0.15, 0.2) is 11.5 Å². The van der Waals surface area contributed by atoms with Crippen molar-refractivity contribution in [3.63, 3.8) is 0 Å². The predicted molar refractivity (Wildman–Crippen MR) is 99.3 cm³/mol. The summed E-state index contributed by atoms with van der Waals surface area (Å²) in [5.41, 5.74) is 1.34. The second kappa shape index (κ2) is 8.14. The number of aromatic hydroxyl groups is 1. The van der Waals surface area contributed by atoms with Gasteiger partial charge >= 0.3 is 5.97 Å². The zero-order chi connectivity index (χ0) is 20.4. The molecule has 7 nitrogen and oxygen atoms in total. The molecule has 1 N–H and O–H groups in total. The van der Waals surface area contributed by atoms with Gasteiger partial charge in [0.2, 0.25) is 5.78 Å². The maximum atomic E-state index is 12.6. The van der Waals surface area contributed by atoms with Gasteiger partial charge in [0, 0.05) is 17.2 Å². The van der Waals surface area contributed by atoms with Crippen molar-refractivity contribution in [2.24, 2.45) is 0 Å². The fourth-order valence-electron chi connectivity index (χ4n) is 3.82. The number of hydrogen-bond acceptors (Lipinski definition) is 7. The third kappa shape index (κ3) is 3.54. The van der Waals surface area contributed by atoms with Gasteiger partial charge in [0.1, 0.15) is 5.75 Å². The molecule has 7 heteroatoms. The quantitative estimate of drug-likeness (QED) is 0.748. The number of Topliss-reactive ketones (excluding diaryl/α,β-unsaturated/α-hetero) is 1. The van der Waals surface area contributed by atoms with Crippen molar-refractivity contribution >= 4 is 17.5 Å². The standard InChI is InChI=1S/C21H24O7/c1-4-5-6-15-18-11(7-12(28-15)9-17(23)27-3)8-13-19(21(18)25)14(22)10-16(26-2)20(13)24/h8,10,12,15,25H,4-7,9H2,1-3H3/t12-,15-/m1/s1. The summed E-state index contributed by atoms with van der Waals surface area (Å²) in [4.78, 5) is 36.8. The Kier molecular flexibility index (Phi) is 5.84. The highest BCUT2D eigenvalue weighted by atomic mass is 16.5.